The van der Waals surface area contributed by atoms with Crippen molar-refractivity contribution in [1.82, 2.24) is 10.3 Å². The molecule has 23 heavy (non-hydrogen) atoms. The molecule has 0 saturated heterocycles. The minimum atomic E-state index is -0.850. The molecule has 2 rings (SSSR count). The summed E-state index contributed by atoms with van der Waals surface area (Å²) in [6, 6.07) is 9.61. The van der Waals surface area contributed by atoms with Crippen molar-refractivity contribution >= 4 is 23.5 Å². The number of carbonyl (C=O) groups excluding carboxylic acids is 2. The van der Waals surface area contributed by atoms with Crippen LogP contribution in [-0.4, -0.2) is 23.5 Å². The molecule has 1 aromatic carbocycles. The van der Waals surface area contributed by atoms with Crippen molar-refractivity contribution in [2.24, 2.45) is 0 Å². The number of halogens is 1. The highest BCUT2D eigenvalue weighted by Gasteiger charge is 2.15. The quantitative estimate of drug-likeness (QED) is 0.819. The number of rotatable bonds is 5. The van der Waals surface area contributed by atoms with E-state index >= 15 is 0 Å². The number of esters is 1. The molecule has 0 aliphatic carbocycles. The maximum Gasteiger partial charge on any atom is 0.344 e. The largest absolute Gasteiger partial charge is 0.452 e. The molecule has 0 aliphatic rings. The fourth-order valence-electron chi connectivity index (χ4n) is 1.93. The average Bonchev–Trinajstić information content (AvgIpc) is 2.53. The van der Waals surface area contributed by atoms with Gasteiger partial charge in [-0.3, -0.25) is 9.59 Å². The lowest BCUT2D eigenvalue weighted by atomic mass is 10.1. The average molecular weight is 335 g/mol. The van der Waals surface area contributed by atoms with Crippen LogP contribution in [0.1, 0.15) is 28.9 Å². The highest BCUT2D eigenvalue weighted by atomic mass is 35.5. The van der Waals surface area contributed by atoms with Gasteiger partial charge in [0, 0.05) is 11.2 Å². The molecule has 1 atom stereocenters. The highest BCUT2D eigenvalue weighted by molar-refractivity contribution is 6.30. The Morgan fingerprint density at radius 1 is 1.30 bits per heavy atom. The SMILES string of the molecule is C[C@@H](NC(=O)COC(=O)c1ccc[nH]c1=O)c1cccc(Cl)c1. The molecule has 1 aromatic heterocycles. The van der Waals surface area contributed by atoms with Gasteiger partial charge in [-0.25, -0.2) is 4.79 Å². The summed E-state index contributed by atoms with van der Waals surface area (Å²) in [6.45, 7) is 1.31. The number of amides is 1. The normalized spacial score (nSPS) is 11.6. The third-order valence-corrected chi connectivity index (χ3v) is 3.33. The van der Waals surface area contributed by atoms with E-state index < -0.39 is 24.0 Å². The van der Waals surface area contributed by atoms with Crippen LogP contribution in [0.5, 0.6) is 0 Å². The van der Waals surface area contributed by atoms with Crippen LogP contribution in [-0.2, 0) is 9.53 Å². The standard InChI is InChI=1S/C16H15ClN2O4/c1-10(11-4-2-5-12(17)8-11)19-14(20)9-23-16(22)13-6-3-7-18-15(13)21/h2-8,10H,9H2,1H3,(H,18,21)(H,19,20)/t10-/m1/s1. The van der Waals surface area contributed by atoms with Crippen molar-refractivity contribution in [3.05, 3.63) is 69.1 Å². The van der Waals surface area contributed by atoms with E-state index in [0.29, 0.717) is 5.02 Å². The van der Waals surface area contributed by atoms with E-state index in [2.05, 4.69) is 10.3 Å². The Kier molecular flexibility index (Phi) is 5.54. The van der Waals surface area contributed by atoms with Gasteiger partial charge in [-0.15, -0.1) is 0 Å². The smallest absolute Gasteiger partial charge is 0.344 e. The predicted octanol–water partition coefficient (Wildman–Crippen LogP) is 2.06. The number of aromatic nitrogens is 1. The number of carbonyl (C=O) groups is 2. The number of ether oxygens (including phenoxy) is 1. The molecular weight excluding hydrogens is 320 g/mol. The maximum atomic E-state index is 11.8. The summed E-state index contributed by atoms with van der Waals surface area (Å²) < 4.78 is 4.83. The molecule has 0 bridgehead atoms. The van der Waals surface area contributed by atoms with Gasteiger partial charge in [0.2, 0.25) is 0 Å². The molecule has 120 valence electrons. The van der Waals surface area contributed by atoms with E-state index in [1.807, 2.05) is 6.07 Å². The highest BCUT2D eigenvalue weighted by Crippen LogP contribution is 2.17. The van der Waals surface area contributed by atoms with Gasteiger partial charge < -0.3 is 15.0 Å². The first-order chi connectivity index (χ1) is 11.0. The summed E-state index contributed by atoms with van der Waals surface area (Å²) in [5, 5.41) is 3.25. The van der Waals surface area contributed by atoms with Crippen molar-refractivity contribution < 1.29 is 14.3 Å². The summed E-state index contributed by atoms with van der Waals surface area (Å²) in [6.07, 6.45) is 1.40. The number of pyridine rings is 1. The van der Waals surface area contributed by atoms with Crippen LogP contribution in [0, 0.1) is 0 Å². The van der Waals surface area contributed by atoms with Gasteiger partial charge in [-0.2, -0.15) is 0 Å². The van der Waals surface area contributed by atoms with Crippen molar-refractivity contribution in [3.8, 4) is 0 Å². The van der Waals surface area contributed by atoms with Crippen LogP contribution in [0.4, 0.5) is 0 Å². The molecule has 7 heteroatoms. The van der Waals surface area contributed by atoms with Gasteiger partial charge in [0.05, 0.1) is 6.04 Å². The lowest BCUT2D eigenvalue weighted by molar-refractivity contribution is -0.124. The van der Waals surface area contributed by atoms with Gasteiger partial charge in [0.25, 0.3) is 11.5 Å². The number of H-pyrrole nitrogens is 1. The van der Waals surface area contributed by atoms with Crippen LogP contribution >= 0.6 is 11.6 Å². The maximum absolute atomic E-state index is 11.8. The van der Waals surface area contributed by atoms with Crippen molar-refractivity contribution in [2.75, 3.05) is 6.61 Å². The van der Waals surface area contributed by atoms with Crippen molar-refractivity contribution in [2.45, 2.75) is 13.0 Å². The van der Waals surface area contributed by atoms with Crippen LogP contribution in [0.3, 0.4) is 0 Å². The molecule has 1 amide bonds. The zero-order valence-corrected chi connectivity index (χ0v) is 13.1. The third-order valence-electron chi connectivity index (χ3n) is 3.10. The molecule has 0 aliphatic heterocycles. The van der Waals surface area contributed by atoms with Gasteiger partial charge in [0.1, 0.15) is 5.56 Å². The Bertz CT molecular complexity index is 772. The van der Waals surface area contributed by atoms with Gasteiger partial charge in [-0.05, 0) is 36.8 Å². The van der Waals surface area contributed by atoms with Crippen LogP contribution in [0.2, 0.25) is 5.02 Å². The first kappa shape index (κ1) is 16.8. The second-order valence-electron chi connectivity index (χ2n) is 4.83. The molecule has 1 heterocycles. The van der Waals surface area contributed by atoms with E-state index in [-0.39, 0.29) is 11.6 Å². The molecule has 6 nitrogen and oxygen atoms in total. The monoisotopic (exact) mass is 334 g/mol. The molecule has 2 N–H and O–H groups in total. The lowest BCUT2D eigenvalue weighted by Gasteiger charge is -2.14. The summed E-state index contributed by atoms with van der Waals surface area (Å²) in [5.74, 6) is -1.32. The van der Waals surface area contributed by atoms with E-state index in [1.54, 1.807) is 25.1 Å². The van der Waals surface area contributed by atoms with Gasteiger partial charge >= 0.3 is 5.97 Å². The zero-order valence-electron chi connectivity index (χ0n) is 12.3. The fraction of sp³-hybridized carbons (Fsp3) is 0.188. The molecule has 0 radical (unpaired) electrons. The molecule has 0 spiro atoms. The first-order valence-electron chi connectivity index (χ1n) is 6.87. The minimum absolute atomic E-state index is 0.150. The van der Waals surface area contributed by atoms with E-state index in [9.17, 15) is 14.4 Å². The Morgan fingerprint density at radius 2 is 2.09 bits per heavy atom. The summed E-state index contributed by atoms with van der Waals surface area (Å²) >= 11 is 5.90. The van der Waals surface area contributed by atoms with E-state index in [4.69, 9.17) is 16.3 Å². The summed E-state index contributed by atoms with van der Waals surface area (Å²) in [4.78, 5) is 37.3. The number of aromatic amines is 1. The molecule has 0 saturated carbocycles. The Morgan fingerprint density at radius 3 is 2.78 bits per heavy atom. The number of benzene rings is 1. The lowest BCUT2D eigenvalue weighted by Crippen LogP contribution is -2.31. The van der Waals surface area contributed by atoms with E-state index in [0.717, 1.165) is 5.56 Å². The van der Waals surface area contributed by atoms with E-state index in [1.165, 1.54) is 18.3 Å². The number of hydrogen-bond donors (Lipinski definition) is 2. The van der Waals surface area contributed by atoms with Crippen LogP contribution in [0.15, 0.2) is 47.4 Å². The number of hydrogen-bond acceptors (Lipinski definition) is 4. The van der Waals surface area contributed by atoms with Gasteiger partial charge in [0.15, 0.2) is 6.61 Å². The second-order valence-corrected chi connectivity index (χ2v) is 5.27. The van der Waals surface area contributed by atoms with Gasteiger partial charge in [-0.1, -0.05) is 23.7 Å². The number of nitrogens with one attached hydrogen (secondary N) is 2. The molecule has 0 unspecified atom stereocenters. The molecule has 0 fully saturated rings. The van der Waals surface area contributed by atoms with Crippen molar-refractivity contribution in [1.29, 1.82) is 0 Å². The zero-order chi connectivity index (χ0) is 16.8. The predicted molar refractivity (Wildman–Crippen MR) is 85.4 cm³/mol. The second kappa shape index (κ2) is 7.60. The first-order valence-corrected chi connectivity index (χ1v) is 7.25. The fourth-order valence-corrected chi connectivity index (χ4v) is 2.13. The molecule has 2 aromatic rings. The Balaban J connectivity index is 1.89. The summed E-state index contributed by atoms with van der Waals surface area (Å²) in [5.41, 5.74) is 0.116. The molecular formula is C16H15ClN2O4. The minimum Gasteiger partial charge on any atom is -0.452 e. The van der Waals surface area contributed by atoms with Crippen molar-refractivity contribution in [3.63, 3.8) is 0 Å². The Hall–Kier alpha value is -2.60. The Labute approximate surface area is 137 Å². The van der Waals surface area contributed by atoms with Crippen LogP contribution < -0.4 is 10.9 Å². The third kappa shape index (κ3) is 4.69. The summed E-state index contributed by atoms with van der Waals surface area (Å²) in [7, 11) is 0. The topological polar surface area (TPSA) is 88.3 Å². The van der Waals surface area contributed by atoms with Crippen LogP contribution in [0.25, 0.3) is 0 Å².